The van der Waals surface area contributed by atoms with Crippen molar-refractivity contribution in [1.82, 2.24) is 9.97 Å². The minimum atomic E-state index is -0.494. The number of nitrogens with zero attached hydrogens (tertiary/aromatic N) is 3. The zero-order valence-corrected chi connectivity index (χ0v) is 13.3. The van der Waals surface area contributed by atoms with Crippen LogP contribution in [0, 0.1) is 10.1 Å². The number of ether oxygens (including phenoxy) is 1. The fraction of sp³-hybridized carbons (Fsp3) is 0.0909. The van der Waals surface area contributed by atoms with Crippen molar-refractivity contribution in [2.45, 2.75) is 0 Å². The first-order valence-electron chi connectivity index (χ1n) is 5.32. The number of anilines is 1. The van der Waals surface area contributed by atoms with Crippen molar-refractivity contribution >= 4 is 43.5 Å². The maximum atomic E-state index is 10.8. The van der Waals surface area contributed by atoms with E-state index in [1.807, 2.05) is 0 Å². The lowest BCUT2D eigenvalue weighted by molar-refractivity contribution is -0.385. The van der Waals surface area contributed by atoms with E-state index in [4.69, 9.17) is 4.74 Å². The molecule has 0 aliphatic heterocycles. The molecule has 1 aromatic carbocycles. The average molecular weight is 404 g/mol. The lowest BCUT2D eigenvalue weighted by atomic mass is 10.3. The molecule has 9 heteroatoms. The van der Waals surface area contributed by atoms with Gasteiger partial charge in [-0.25, -0.2) is 4.98 Å². The van der Waals surface area contributed by atoms with Crippen molar-refractivity contribution in [3.8, 4) is 11.6 Å². The second-order valence-corrected chi connectivity index (χ2v) is 5.37. The highest BCUT2D eigenvalue weighted by atomic mass is 79.9. The highest BCUT2D eigenvalue weighted by molar-refractivity contribution is 9.10. The van der Waals surface area contributed by atoms with Crippen molar-refractivity contribution in [3.63, 3.8) is 0 Å². The number of benzene rings is 1. The molecular formula is C11H8Br2N4O3. The van der Waals surface area contributed by atoms with Gasteiger partial charge in [0, 0.05) is 17.6 Å². The standard InChI is InChI=1S/C11H8Br2N4O3/c1-14-11-15-5-9(13)10(16-11)20-8-3-6(12)2-7(4-8)17(18)19/h2-5H,1H3,(H,14,15,16). The summed E-state index contributed by atoms with van der Waals surface area (Å²) >= 11 is 6.46. The summed E-state index contributed by atoms with van der Waals surface area (Å²) in [5.41, 5.74) is -0.0756. The fourth-order valence-electron chi connectivity index (χ4n) is 1.37. The van der Waals surface area contributed by atoms with Crippen LogP contribution in [0.2, 0.25) is 0 Å². The Bertz CT molecular complexity index is 666. The zero-order chi connectivity index (χ0) is 14.7. The SMILES string of the molecule is CNc1ncc(Br)c(Oc2cc(Br)cc([N+](=O)[O-])c2)n1. The minimum Gasteiger partial charge on any atom is -0.437 e. The maximum Gasteiger partial charge on any atom is 0.274 e. The van der Waals surface area contributed by atoms with Crippen LogP contribution in [0.5, 0.6) is 11.6 Å². The molecule has 7 nitrogen and oxygen atoms in total. The third-order valence-electron chi connectivity index (χ3n) is 2.22. The van der Waals surface area contributed by atoms with E-state index in [1.54, 1.807) is 13.1 Å². The molecule has 1 aromatic heterocycles. The molecule has 2 aromatic rings. The van der Waals surface area contributed by atoms with Crippen LogP contribution in [0.1, 0.15) is 0 Å². The number of hydrogen-bond donors (Lipinski definition) is 1. The summed E-state index contributed by atoms with van der Waals surface area (Å²) in [6.07, 6.45) is 1.53. The first kappa shape index (κ1) is 14.7. The van der Waals surface area contributed by atoms with Gasteiger partial charge in [0.15, 0.2) is 0 Å². The Hall–Kier alpha value is -1.74. The van der Waals surface area contributed by atoms with Crippen LogP contribution in [0.25, 0.3) is 0 Å². The summed E-state index contributed by atoms with van der Waals surface area (Å²) in [7, 11) is 1.68. The van der Waals surface area contributed by atoms with Crippen LogP contribution >= 0.6 is 31.9 Å². The molecule has 2 rings (SSSR count). The largest absolute Gasteiger partial charge is 0.437 e. The molecule has 1 N–H and O–H groups in total. The van der Waals surface area contributed by atoms with Crippen molar-refractivity contribution in [2.75, 3.05) is 12.4 Å². The van der Waals surface area contributed by atoms with E-state index in [0.29, 0.717) is 20.6 Å². The molecule has 0 atom stereocenters. The quantitative estimate of drug-likeness (QED) is 0.617. The Morgan fingerprint density at radius 1 is 1.35 bits per heavy atom. The Balaban J connectivity index is 2.36. The van der Waals surface area contributed by atoms with Gasteiger partial charge in [-0.15, -0.1) is 0 Å². The van der Waals surface area contributed by atoms with Gasteiger partial charge in [-0.2, -0.15) is 4.98 Å². The molecule has 0 unspecified atom stereocenters. The molecule has 0 aliphatic rings. The lowest BCUT2D eigenvalue weighted by Gasteiger charge is -2.08. The molecule has 1 heterocycles. The number of aromatic nitrogens is 2. The van der Waals surface area contributed by atoms with E-state index in [9.17, 15) is 10.1 Å². The van der Waals surface area contributed by atoms with Gasteiger partial charge in [0.25, 0.3) is 5.69 Å². The van der Waals surface area contributed by atoms with Gasteiger partial charge >= 0.3 is 0 Å². The van der Waals surface area contributed by atoms with Crippen molar-refractivity contribution in [3.05, 3.63) is 43.5 Å². The van der Waals surface area contributed by atoms with E-state index < -0.39 is 4.92 Å². The molecule has 20 heavy (non-hydrogen) atoms. The average Bonchev–Trinajstić information content (AvgIpc) is 2.40. The van der Waals surface area contributed by atoms with Gasteiger partial charge in [-0.05, 0) is 22.0 Å². The summed E-state index contributed by atoms with van der Waals surface area (Å²) in [6.45, 7) is 0. The molecule has 0 saturated carbocycles. The van der Waals surface area contributed by atoms with Crippen LogP contribution in [-0.2, 0) is 0 Å². The molecule has 104 valence electrons. The van der Waals surface area contributed by atoms with Gasteiger partial charge < -0.3 is 10.1 Å². The number of non-ortho nitro benzene ring substituents is 1. The predicted octanol–water partition coefficient (Wildman–Crippen LogP) is 3.74. The van der Waals surface area contributed by atoms with Crippen molar-refractivity contribution in [1.29, 1.82) is 0 Å². The van der Waals surface area contributed by atoms with Gasteiger partial charge in [0.1, 0.15) is 5.75 Å². The molecule has 0 fully saturated rings. The molecule has 0 spiro atoms. The van der Waals surface area contributed by atoms with E-state index in [-0.39, 0.29) is 11.6 Å². The normalized spacial score (nSPS) is 10.2. The molecule has 0 amide bonds. The van der Waals surface area contributed by atoms with Crippen LogP contribution in [-0.4, -0.2) is 21.9 Å². The summed E-state index contributed by atoms with van der Waals surface area (Å²) in [5.74, 6) is 0.942. The lowest BCUT2D eigenvalue weighted by Crippen LogP contribution is -1.98. The summed E-state index contributed by atoms with van der Waals surface area (Å²) in [4.78, 5) is 18.4. The molecular weight excluding hydrogens is 396 g/mol. The van der Waals surface area contributed by atoms with E-state index in [0.717, 1.165) is 0 Å². The Morgan fingerprint density at radius 2 is 2.10 bits per heavy atom. The fourth-order valence-corrected chi connectivity index (χ4v) is 2.10. The molecule has 0 bridgehead atoms. The van der Waals surface area contributed by atoms with Crippen LogP contribution in [0.4, 0.5) is 11.6 Å². The van der Waals surface area contributed by atoms with E-state index in [1.165, 1.54) is 18.3 Å². The maximum absolute atomic E-state index is 10.8. The van der Waals surface area contributed by atoms with E-state index >= 15 is 0 Å². The van der Waals surface area contributed by atoms with Crippen LogP contribution < -0.4 is 10.1 Å². The second kappa shape index (κ2) is 6.14. The van der Waals surface area contributed by atoms with Gasteiger partial charge in [0.2, 0.25) is 11.8 Å². The van der Waals surface area contributed by atoms with Crippen LogP contribution in [0.3, 0.4) is 0 Å². The Morgan fingerprint density at radius 3 is 2.75 bits per heavy atom. The summed E-state index contributed by atoms with van der Waals surface area (Å²) < 4.78 is 6.63. The number of nitro groups is 1. The summed E-state index contributed by atoms with van der Waals surface area (Å²) in [5, 5.41) is 13.6. The number of rotatable bonds is 4. The van der Waals surface area contributed by atoms with Crippen molar-refractivity contribution < 1.29 is 9.66 Å². The third-order valence-corrected chi connectivity index (χ3v) is 3.22. The first-order valence-corrected chi connectivity index (χ1v) is 6.91. The van der Waals surface area contributed by atoms with Gasteiger partial charge in [-0.3, -0.25) is 10.1 Å². The smallest absolute Gasteiger partial charge is 0.274 e. The van der Waals surface area contributed by atoms with Gasteiger partial charge in [-0.1, -0.05) is 15.9 Å². The van der Waals surface area contributed by atoms with Crippen LogP contribution in [0.15, 0.2) is 33.3 Å². The Labute approximate surface area is 130 Å². The van der Waals surface area contributed by atoms with Crippen molar-refractivity contribution in [2.24, 2.45) is 0 Å². The molecule has 0 saturated heterocycles. The number of nitro benzene ring substituents is 1. The second-order valence-electron chi connectivity index (χ2n) is 3.60. The number of nitrogens with one attached hydrogen (secondary N) is 1. The van der Waals surface area contributed by atoms with Gasteiger partial charge in [0.05, 0.1) is 21.7 Å². The highest BCUT2D eigenvalue weighted by Crippen LogP contribution is 2.32. The molecule has 0 radical (unpaired) electrons. The topological polar surface area (TPSA) is 90.2 Å². The first-order chi connectivity index (χ1) is 9.49. The summed E-state index contributed by atoms with van der Waals surface area (Å²) in [6, 6.07) is 4.32. The molecule has 0 aliphatic carbocycles. The van der Waals surface area contributed by atoms with E-state index in [2.05, 4.69) is 47.1 Å². The number of hydrogen-bond acceptors (Lipinski definition) is 6. The predicted molar refractivity (Wildman–Crippen MR) is 80.1 cm³/mol. The zero-order valence-electron chi connectivity index (χ0n) is 10.1. The number of halogens is 2. The Kier molecular flexibility index (Phi) is 4.50. The minimum absolute atomic E-state index is 0.0756. The third kappa shape index (κ3) is 3.42. The highest BCUT2D eigenvalue weighted by Gasteiger charge is 2.12. The monoisotopic (exact) mass is 402 g/mol.